The fourth-order valence-corrected chi connectivity index (χ4v) is 4.40. The molecule has 1 aliphatic rings. The smallest absolute Gasteiger partial charge is 0.150 e. The summed E-state index contributed by atoms with van der Waals surface area (Å²) in [7, 11) is 0. The van der Waals surface area contributed by atoms with Crippen LogP contribution in [0.25, 0.3) is 10.2 Å². The minimum absolute atomic E-state index is 0.800. The van der Waals surface area contributed by atoms with Crippen molar-refractivity contribution in [1.29, 1.82) is 0 Å². The van der Waals surface area contributed by atoms with E-state index in [1.807, 2.05) is 18.7 Å². The number of thiophene rings is 1. The molecule has 0 amide bonds. The summed E-state index contributed by atoms with van der Waals surface area (Å²) in [4.78, 5) is 11.7. The van der Waals surface area contributed by atoms with Gasteiger partial charge in [0.1, 0.15) is 11.6 Å². The van der Waals surface area contributed by atoms with E-state index < -0.39 is 0 Å². The normalized spacial score (nSPS) is 20.1. The summed E-state index contributed by atoms with van der Waals surface area (Å²) >= 11 is 3.72. The van der Waals surface area contributed by atoms with E-state index in [9.17, 15) is 0 Å². The lowest BCUT2D eigenvalue weighted by Crippen LogP contribution is -2.37. The lowest BCUT2D eigenvalue weighted by atomic mass is 10.00. The van der Waals surface area contributed by atoms with Crippen molar-refractivity contribution in [2.75, 3.05) is 30.0 Å². The van der Waals surface area contributed by atoms with Gasteiger partial charge in [-0.1, -0.05) is 0 Å². The number of thioether (sulfide) groups is 1. The van der Waals surface area contributed by atoms with Gasteiger partial charge < -0.3 is 4.90 Å². The Kier molecular flexibility index (Phi) is 3.93. The Morgan fingerprint density at radius 1 is 1.47 bits per heavy atom. The minimum Gasteiger partial charge on any atom is -0.355 e. The fraction of sp³-hybridized carbons (Fsp3) is 0.571. The maximum absolute atomic E-state index is 4.71. The summed E-state index contributed by atoms with van der Waals surface area (Å²) in [5.41, 5.74) is 1.10. The fourth-order valence-electron chi connectivity index (χ4n) is 2.80. The monoisotopic (exact) mass is 293 g/mol. The molecule has 0 N–H and O–H groups in total. The Bertz CT molecular complexity index is 565. The van der Waals surface area contributed by atoms with Gasteiger partial charge in [0.05, 0.1) is 10.2 Å². The van der Waals surface area contributed by atoms with Crippen molar-refractivity contribution in [3.63, 3.8) is 0 Å². The molecule has 3 heterocycles. The SMILES string of the molecule is CSC[C@@H]1CCCN(c2nc(C)nc3ccsc23)C1. The molecule has 3 nitrogen and oxygen atoms in total. The summed E-state index contributed by atoms with van der Waals surface area (Å²) in [6.45, 7) is 4.27. The van der Waals surface area contributed by atoms with Gasteiger partial charge >= 0.3 is 0 Å². The van der Waals surface area contributed by atoms with Gasteiger partial charge in [-0.05, 0) is 49.1 Å². The Hall–Kier alpha value is -0.810. The molecule has 2 aromatic rings. The van der Waals surface area contributed by atoms with Gasteiger partial charge in [0.25, 0.3) is 0 Å². The predicted octanol–water partition coefficient (Wildman–Crippen LogP) is 3.58. The summed E-state index contributed by atoms with van der Waals surface area (Å²) < 4.78 is 1.25. The largest absolute Gasteiger partial charge is 0.355 e. The summed E-state index contributed by atoms with van der Waals surface area (Å²) in [6.07, 6.45) is 4.83. The van der Waals surface area contributed by atoms with Crippen LogP contribution in [-0.2, 0) is 0 Å². The molecule has 19 heavy (non-hydrogen) atoms. The standard InChI is InChI=1S/C14H19N3S2/c1-10-15-12-5-7-19-13(12)14(16-10)17-6-3-4-11(8-17)9-18-2/h5,7,11H,3-4,6,8-9H2,1-2H3/t11-/m1/s1. The number of fused-ring (bicyclic) bond motifs is 1. The zero-order chi connectivity index (χ0) is 13.2. The van der Waals surface area contributed by atoms with Gasteiger partial charge in [-0.25, -0.2) is 9.97 Å². The molecule has 0 spiro atoms. The lowest BCUT2D eigenvalue weighted by molar-refractivity contribution is 0.451. The molecule has 2 aromatic heterocycles. The first-order chi connectivity index (χ1) is 9.28. The molecule has 102 valence electrons. The highest BCUT2D eigenvalue weighted by molar-refractivity contribution is 7.98. The number of aryl methyl sites for hydroxylation is 1. The van der Waals surface area contributed by atoms with E-state index in [0.29, 0.717) is 0 Å². The van der Waals surface area contributed by atoms with E-state index in [1.165, 1.54) is 23.3 Å². The van der Waals surface area contributed by atoms with Crippen LogP contribution < -0.4 is 4.90 Å². The summed E-state index contributed by atoms with van der Waals surface area (Å²) in [5, 5.41) is 2.12. The van der Waals surface area contributed by atoms with Crippen LogP contribution in [0, 0.1) is 12.8 Å². The highest BCUT2D eigenvalue weighted by Gasteiger charge is 2.22. The summed E-state index contributed by atoms with van der Waals surface area (Å²) in [6, 6.07) is 2.10. The molecule has 0 unspecified atom stereocenters. The Labute approximate surface area is 122 Å². The van der Waals surface area contributed by atoms with E-state index >= 15 is 0 Å². The van der Waals surface area contributed by atoms with Gasteiger partial charge in [0.15, 0.2) is 0 Å². The molecule has 0 saturated carbocycles. The van der Waals surface area contributed by atoms with Gasteiger partial charge in [0, 0.05) is 13.1 Å². The first-order valence-corrected chi connectivity index (χ1v) is 9.01. The van der Waals surface area contributed by atoms with Crippen molar-refractivity contribution in [2.45, 2.75) is 19.8 Å². The van der Waals surface area contributed by atoms with Crippen LogP contribution >= 0.6 is 23.1 Å². The van der Waals surface area contributed by atoms with E-state index in [1.54, 1.807) is 11.3 Å². The number of aromatic nitrogens is 2. The van der Waals surface area contributed by atoms with Crippen LogP contribution in [0.5, 0.6) is 0 Å². The van der Waals surface area contributed by atoms with Crippen LogP contribution in [0.3, 0.4) is 0 Å². The molecule has 0 radical (unpaired) electrons. The van der Waals surface area contributed by atoms with E-state index in [-0.39, 0.29) is 0 Å². The number of anilines is 1. The molecular formula is C14H19N3S2. The molecular weight excluding hydrogens is 274 g/mol. The maximum atomic E-state index is 4.71. The zero-order valence-corrected chi connectivity index (χ0v) is 13.1. The van der Waals surface area contributed by atoms with Crippen LogP contribution in [0.4, 0.5) is 5.82 Å². The van der Waals surface area contributed by atoms with Crippen molar-refractivity contribution in [2.24, 2.45) is 5.92 Å². The highest BCUT2D eigenvalue weighted by atomic mass is 32.2. The predicted molar refractivity (Wildman–Crippen MR) is 85.5 cm³/mol. The number of rotatable bonds is 3. The van der Waals surface area contributed by atoms with E-state index in [2.05, 4.69) is 27.6 Å². The molecule has 1 saturated heterocycles. The van der Waals surface area contributed by atoms with Crippen LogP contribution in [0.15, 0.2) is 11.4 Å². The molecule has 1 fully saturated rings. The lowest BCUT2D eigenvalue weighted by Gasteiger charge is -2.33. The van der Waals surface area contributed by atoms with Crippen molar-refractivity contribution < 1.29 is 0 Å². The molecule has 0 aromatic carbocycles. The Balaban J connectivity index is 1.92. The number of hydrogen-bond donors (Lipinski definition) is 0. The molecule has 1 aliphatic heterocycles. The third-order valence-electron chi connectivity index (χ3n) is 3.62. The van der Waals surface area contributed by atoms with Crippen LogP contribution in [0.1, 0.15) is 18.7 Å². The Morgan fingerprint density at radius 3 is 3.21 bits per heavy atom. The molecule has 3 rings (SSSR count). The topological polar surface area (TPSA) is 29.0 Å². The zero-order valence-electron chi connectivity index (χ0n) is 11.4. The number of nitrogens with zero attached hydrogens (tertiary/aromatic N) is 3. The molecule has 0 bridgehead atoms. The van der Waals surface area contributed by atoms with E-state index in [0.717, 1.165) is 36.2 Å². The molecule has 1 atom stereocenters. The number of piperidine rings is 1. The molecule has 5 heteroatoms. The van der Waals surface area contributed by atoms with Gasteiger partial charge in [-0.15, -0.1) is 11.3 Å². The third-order valence-corrected chi connectivity index (χ3v) is 5.32. The minimum atomic E-state index is 0.800. The third kappa shape index (κ3) is 2.72. The van der Waals surface area contributed by atoms with Crippen molar-refractivity contribution >= 4 is 39.1 Å². The first-order valence-electron chi connectivity index (χ1n) is 6.73. The quantitative estimate of drug-likeness (QED) is 0.865. The van der Waals surface area contributed by atoms with Gasteiger partial charge in [0.2, 0.25) is 0 Å². The second-order valence-corrected chi connectivity index (χ2v) is 6.97. The van der Waals surface area contributed by atoms with Gasteiger partial charge in [-0.2, -0.15) is 11.8 Å². The highest BCUT2D eigenvalue weighted by Crippen LogP contribution is 2.32. The van der Waals surface area contributed by atoms with Crippen LogP contribution in [0.2, 0.25) is 0 Å². The first kappa shape index (κ1) is 13.2. The van der Waals surface area contributed by atoms with Crippen molar-refractivity contribution in [3.05, 3.63) is 17.3 Å². The average molecular weight is 293 g/mol. The van der Waals surface area contributed by atoms with Crippen molar-refractivity contribution in [3.8, 4) is 0 Å². The van der Waals surface area contributed by atoms with Gasteiger partial charge in [-0.3, -0.25) is 0 Å². The average Bonchev–Trinajstić information content (AvgIpc) is 2.86. The summed E-state index contributed by atoms with van der Waals surface area (Å²) in [5.74, 6) is 4.10. The Morgan fingerprint density at radius 2 is 2.37 bits per heavy atom. The molecule has 0 aliphatic carbocycles. The van der Waals surface area contributed by atoms with Crippen LogP contribution in [-0.4, -0.2) is 35.1 Å². The number of hydrogen-bond acceptors (Lipinski definition) is 5. The second-order valence-electron chi connectivity index (χ2n) is 5.14. The van der Waals surface area contributed by atoms with Crippen molar-refractivity contribution in [1.82, 2.24) is 9.97 Å². The second kappa shape index (κ2) is 5.67. The van der Waals surface area contributed by atoms with E-state index in [4.69, 9.17) is 4.98 Å². The maximum Gasteiger partial charge on any atom is 0.150 e.